The van der Waals surface area contributed by atoms with Crippen molar-refractivity contribution in [2.75, 3.05) is 6.61 Å². The first-order chi connectivity index (χ1) is 13.5. The average molecular weight is 422 g/mol. The summed E-state index contributed by atoms with van der Waals surface area (Å²) in [7, 11) is 0. The summed E-state index contributed by atoms with van der Waals surface area (Å²) in [6, 6.07) is 9.17. The fraction of sp³-hybridized carbons (Fsp3) is 0.333. The van der Waals surface area contributed by atoms with Gasteiger partial charge >= 0.3 is 5.97 Å². The fourth-order valence-corrected chi connectivity index (χ4v) is 3.40. The molecule has 1 aliphatic heterocycles. The van der Waals surface area contributed by atoms with Crippen LogP contribution >= 0.6 is 23.2 Å². The average Bonchev–Trinajstić information content (AvgIpc) is 2.70. The van der Waals surface area contributed by atoms with E-state index in [2.05, 4.69) is 4.98 Å². The van der Waals surface area contributed by atoms with Crippen LogP contribution in [0.4, 0.5) is 0 Å². The number of nitrogens with zero attached hydrogens (tertiary/aromatic N) is 1. The molecule has 7 heteroatoms. The number of carboxylic acid groups (broad SMARTS) is 1. The number of carbonyl (C=O) groups is 1. The Hall–Kier alpha value is -1.92. The standard InChI is InChI=1S/C21H21Cl2NO4/c22-17-9-8-14(11-18(17)23)21-27-13-16(5-2-1-3-7-19(25)26)20(28-21)15-6-4-10-24-12-15/h1-2,4,6,8-12,16,20-21H,3,5,7,13H2,(H,25,26)/b2-1-/t16-,20-,21+/m1/s1. The Kier molecular flexibility index (Phi) is 7.45. The Morgan fingerprint density at radius 1 is 1.21 bits per heavy atom. The van der Waals surface area contributed by atoms with Crippen LogP contribution in [-0.2, 0) is 14.3 Å². The molecule has 2 heterocycles. The number of aromatic nitrogens is 1. The topological polar surface area (TPSA) is 68.7 Å². The smallest absolute Gasteiger partial charge is 0.303 e. The highest BCUT2D eigenvalue weighted by Crippen LogP contribution is 2.40. The Labute approximate surface area is 173 Å². The second-order valence-corrected chi connectivity index (χ2v) is 7.40. The van der Waals surface area contributed by atoms with Crippen LogP contribution in [0.25, 0.3) is 0 Å². The fourth-order valence-electron chi connectivity index (χ4n) is 3.10. The van der Waals surface area contributed by atoms with Gasteiger partial charge in [-0.25, -0.2) is 0 Å². The molecule has 0 radical (unpaired) electrons. The molecular formula is C21H21Cl2NO4. The number of benzene rings is 1. The monoisotopic (exact) mass is 421 g/mol. The predicted molar refractivity (Wildman–Crippen MR) is 107 cm³/mol. The highest BCUT2D eigenvalue weighted by molar-refractivity contribution is 6.42. The van der Waals surface area contributed by atoms with Crippen LogP contribution in [0.2, 0.25) is 10.0 Å². The van der Waals surface area contributed by atoms with Gasteiger partial charge < -0.3 is 14.6 Å². The van der Waals surface area contributed by atoms with Crippen LogP contribution in [0.3, 0.4) is 0 Å². The molecule has 148 valence electrons. The van der Waals surface area contributed by atoms with Gasteiger partial charge in [-0.15, -0.1) is 0 Å². The first-order valence-corrected chi connectivity index (χ1v) is 9.79. The molecule has 1 aromatic heterocycles. The number of aliphatic carboxylic acids is 1. The van der Waals surface area contributed by atoms with Crippen molar-refractivity contribution in [3.8, 4) is 0 Å². The summed E-state index contributed by atoms with van der Waals surface area (Å²) in [6.07, 6.45) is 7.99. The summed E-state index contributed by atoms with van der Waals surface area (Å²) in [5, 5.41) is 9.66. The summed E-state index contributed by atoms with van der Waals surface area (Å²) in [5.41, 5.74) is 1.78. The third-order valence-corrected chi connectivity index (χ3v) is 5.26. The normalized spacial score (nSPS) is 22.4. The van der Waals surface area contributed by atoms with E-state index in [-0.39, 0.29) is 18.4 Å². The van der Waals surface area contributed by atoms with E-state index >= 15 is 0 Å². The molecule has 1 saturated heterocycles. The third-order valence-electron chi connectivity index (χ3n) is 4.52. The van der Waals surface area contributed by atoms with Gasteiger partial charge in [-0.1, -0.05) is 47.5 Å². The SMILES string of the molecule is O=C(O)CC/C=C\C[C@@H]1CO[C@H](c2ccc(Cl)c(Cl)c2)O[C@@H]1c1cccnc1. The van der Waals surface area contributed by atoms with E-state index in [9.17, 15) is 4.79 Å². The maximum Gasteiger partial charge on any atom is 0.303 e. The molecule has 3 rings (SSSR count). The summed E-state index contributed by atoms with van der Waals surface area (Å²) in [5.74, 6) is -0.712. The van der Waals surface area contributed by atoms with Gasteiger partial charge in [0.1, 0.15) is 0 Å². The van der Waals surface area contributed by atoms with E-state index in [0.717, 1.165) is 11.1 Å². The number of pyridine rings is 1. The van der Waals surface area contributed by atoms with Crippen LogP contribution in [0.1, 0.15) is 42.8 Å². The van der Waals surface area contributed by atoms with Gasteiger partial charge in [0.15, 0.2) is 6.29 Å². The Morgan fingerprint density at radius 3 is 2.79 bits per heavy atom. The van der Waals surface area contributed by atoms with Gasteiger partial charge in [0.25, 0.3) is 0 Å². The molecule has 0 amide bonds. The van der Waals surface area contributed by atoms with Crippen LogP contribution < -0.4 is 0 Å². The minimum atomic E-state index is -0.799. The Balaban J connectivity index is 1.73. The molecule has 1 aromatic carbocycles. The largest absolute Gasteiger partial charge is 0.481 e. The molecule has 2 aromatic rings. The third kappa shape index (κ3) is 5.55. The maximum atomic E-state index is 10.6. The van der Waals surface area contributed by atoms with Crippen molar-refractivity contribution in [1.82, 2.24) is 4.98 Å². The van der Waals surface area contributed by atoms with Crippen molar-refractivity contribution in [3.63, 3.8) is 0 Å². The number of carboxylic acids is 1. The number of ether oxygens (including phenoxy) is 2. The quantitative estimate of drug-likeness (QED) is 0.588. The summed E-state index contributed by atoms with van der Waals surface area (Å²) < 4.78 is 12.2. The van der Waals surface area contributed by atoms with E-state index < -0.39 is 12.3 Å². The van der Waals surface area contributed by atoms with Crippen molar-refractivity contribution in [3.05, 3.63) is 76.0 Å². The zero-order valence-electron chi connectivity index (χ0n) is 15.1. The molecule has 1 fully saturated rings. The molecule has 1 aliphatic rings. The van der Waals surface area contributed by atoms with E-state index in [1.165, 1.54) is 0 Å². The van der Waals surface area contributed by atoms with Gasteiger partial charge in [-0.05, 0) is 36.6 Å². The summed E-state index contributed by atoms with van der Waals surface area (Å²) in [6.45, 7) is 0.494. The highest BCUT2D eigenvalue weighted by Gasteiger charge is 2.33. The number of halogens is 2. The van der Waals surface area contributed by atoms with Gasteiger partial charge in [0, 0.05) is 30.3 Å². The highest BCUT2D eigenvalue weighted by atomic mass is 35.5. The van der Waals surface area contributed by atoms with Crippen molar-refractivity contribution in [2.45, 2.75) is 31.7 Å². The molecule has 0 saturated carbocycles. The first-order valence-electron chi connectivity index (χ1n) is 9.03. The molecule has 1 N–H and O–H groups in total. The predicted octanol–water partition coefficient (Wildman–Crippen LogP) is 5.60. The van der Waals surface area contributed by atoms with Gasteiger partial charge in [0.05, 0.1) is 22.8 Å². The zero-order valence-corrected chi connectivity index (χ0v) is 16.6. The molecule has 28 heavy (non-hydrogen) atoms. The van der Waals surface area contributed by atoms with E-state index in [4.69, 9.17) is 37.8 Å². The molecular weight excluding hydrogens is 401 g/mol. The summed E-state index contributed by atoms with van der Waals surface area (Å²) in [4.78, 5) is 14.8. The number of rotatable bonds is 7. The minimum Gasteiger partial charge on any atom is -0.481 e. The summed E-state index contributed by atoms with van der Waals surface area (Å²) >= 11 is 12.1. The van der Waals surface area contributed by atoms with E-state index in [0.29, 0.717) is 29.5 Å². The van der Waals surface area contributed by atoms with E-state index in [1.54, 1.807) is 24.5 Å². The lowest BCUT2D eigenvalue weighted by atomic mass is 9.92. The van der Waals surface area contributed by atoms with Gasteiger partial charge in [-0.2, -0.15) is 0 Å². The maximum absolute atomic E-state index is 10.6. The molecule has 0 aliphatic carbocycles. The van der Waals surface area contributed by atoms with Crippen LogP contribution in [0, 0.1) is 5.92 Å². The lowest BCUT2D eigenvalue weighted by Gasteiger charge is -2.36. The second kappa shape index (κ2) is 10.0. The van der Waals surface area contributed by atoms with Crippen molar-refractivity contribution in [2.24, 2.45) is 5.92 Å². The Bertz CT molecular complexity index is 828. The first kappa shape index (κ1) is 20.8. The van der Waals surface area contributed by atoms with Crippen LogP contribution in [0.5, 0.6) is 0 Å². The minimum absolute atomic E-state index is 0.0873. The number of allylic oxidation sites excluding steroid dienone is 2. The van der Waals surface area contributed by atoms with Crippen molar-refractivity contribution >= 4 is 29.2 Å². The van der Waals surface area contributed by atoms with Gasteiger partial charge in [-0.3, -0.25) is 9.78 Å². The van der Waals surface area contributed by atoms with Crippen molar-refractivity contribution in [1.29, 1.82) is 0 Å². The van der Waals surface area contributed by atoms with Crippen molar-refractivity contribution < 1.29 is 19.4 Å². The van der Waals surface area contributed by atoms with Crippen LogP contribution in [-0.4, -0.2) is 22.7 Å². The second-order valence-electron chi connectivity index (χ2n) is 6.58. The molecule has 0 unspecified atom stereocenters. The number of hydrogen-bond acceptors (Lipinski definition) is 4. The molecule has 0 bridgehead atoms. The molecule has 5 nitrogen and oxygen atoms in total. The van der Waals surface area contributed by atoms with E-state index in [1.807, 2.05) is 30.4 Å². The lowest BCUT2D eigenvalue weighted by Crippen LogP contribution is -2.30. The number of hydrogen-bond donors (Lipinski definition) is 1. The molecule has 0 spiro atoms. The van der Waals surface area contributed by atoms with Crippen LogP contribution in [0.15, 0.2) is 54.9 Å². The Morgan fingerprint density at radius 2 is 2.07 bits per heavy atom. The molecule has 3 atom stereocenters. The van der Waals surface area contributed by atoms with Gasteiger partial charge in [0.2, 0.25) is 0 Å². The zero-order chi connectivity index (χ0) is 19.9. The lowest BCUT2D eigenvalue weighted by molar-refractivity contribution is -0.244.